The lowest BCUT2D eigenvalue weighted by molar-refractivity contribution is 1.05. The first-order valence-electron chi connectivity index (χ1n) is 7.64. The van der Waals surface area contributed by atoms with Crippen molar-refractivity contribution >= 4 is 15.9 Å². The van der Waals surface area contributed by atoms with Crippen LogP contribution in [0.25, 0.3) is 34.4 Å². The molecule has 0 aliphatic rings. The summed E-state index contributed by atoms with van der Waals surface area (Å²) in [6.07, 6.45) is 3.44. The van der Waals surface area contributed by atoms with E-state index in [2.05, 4.69) is 40.8 Å². The van der Waals surface area contributed by atoms with Gasteiger partial charge in [-0.3, -0.25) is 9.97 Å². The standard InChI is InChI=1S/C19H12BrN5/c20-14-9-7-13(8-10-14)17-23-18(15-5-1-3-11-21-15)25-19(24-17)16-6-2-4-12-22-16/h1-12H. The summed E-state index contributed by atoms with van der Waals surface area (Å²) in [5.41, 5.74) is 2.29. The summed E-state index contributed by atoms with van der Waals surface area (Å²) in [6.45, 7) is 0. The molecule has 120 valence electrons. The molecule has 5 nitrogen and oxygen atoms in total. The predicted molar refractivity (Wildman–Crippen MR) is 99.4 cm³/mol. The number of pyridine rings is 2. The summed E-state index contributed by atoms with van der Waals surface area (Å²) in [5.74, 6) is 1.63. The molecule has 3 aromatic heterocycles. The summed E-state index contributed by atoms with van der Waals surface area (Å²) in [6, 6.07) is 19.1. The van der Waals surface area contributed by atoms with Crippen LogP contribution in [0.4, 0.5) is 0 Å². The van der Waals surface area contributed by atoms with E-state index in [-0.39, 0.29) is 0 Å². The summed E-state index contributed by atoms with van der Waals surface area (Å²) in [5, 5.41) is 0. The van der Waals surface area contributed by atoms with Gasteiger partial charge in [-0.05, 0) is 36.4 Å². The third-order valence-corrected chi connectivity index (χ3v) is 4.05. The zero-order valence-corrected chi connectivity index (χ0v) is 14.6. The molecule has 0 bridgehead atoms. The zero-order valence-electron chi connectivity index (χ0n) is 13.0. The van der Waals surface area contributed by atoms with Crippen LogP contribution in [-0.2, 0) is 0 Å². The van der Waals surface area contributed by atoms with Crippen LogP contribution in [0, 0.1) is 0 Å². The van der Waals surface area contributed by atoms with Crippen molar-refractivity contribution in [1.29, 1.82) is 0 Å². The first kappa shape index (κ1) is 15.5. The quantitative estimate of drug-likeness (QED) is 0.518. The third kappa shape index (κ3) is 3.44. The van der Waals surface area contributed by atoms with E-state index in [4.69, 9.17) is 0 Å². The topological polar surface area (TPSA) is 64.5 Å². The number of hydrogen-bond donors (Lipinski definition) is 0. The largest absolute Gasteiger partial charge is 0.253 e. The first-order chi connectivity index (χ1) is 12.3. The fraction of sp³-hybridized carbons (Fsp3) is 0. The molecule has 3 heterocycles. The van der Waals surface area contributed by atoms with Gasteiger partial charge in [0.15, 0.2) is 17.5 Å². The Morgan fingerprint density at radius 1 is 0.560 bits per heavy atom. The van der Waals surface area contributed by atoms with Crippen LogP contribution in [0.1, 0.15) is 0 Å². The molecule has 0 spiro atoms. The van der Waals surface area contributed by atoms with Crippen LogP contribution in [-0.4, -0.2) is 24.9 Å². The van der Waals surface area contributed by atoms with Crippen molar-refractivity contribution in [2.45, 2.75) is 0 Å². The predicted octanol–water partition coefficient (Wildman–Crippen LogP) is 4.43. The van der Waals surface area contributed by atoms with Gasteiger partial charge in [0.25, 0.3) is 0 Å². The summed E-state index contributed by atoms with van der Waals surface area (Å²) < 4.78 is 1.00. The number of hydrogen-bond acceptors (Lipinski definition) is 5. The molecule has 1 aromatic carbocycles. The van der Waals surface area contributed by atoms with Crippen molar-refractivity contribution in [3.05, 3.63) is 77.5 Å². The van der Waals surface area contributed by atoms with Gasteiger partial charge in [0.1, 0.15) is 11.4 Å². The fourth-order valence-corrected chi connectivity index (χ4v) is 2.59. The molecule has 0 unspecified atom stereocenters. The minimum absolute atomic E-state index is 0.522. The van der Waals surface area contributed by atoms with E-state index >= 15 is 0 Å². The Morgan fingerprint density at radius 3 is 1.56 bits per heavy atom. The number of aromatic nitrogens is 5. The van der Waals surface area contributed by atoms with Gasteiger partial charge in [-0.1, -0.05) is 40.2 Å². The lowest BCUT2D eigenvalue weighted by Crippen LogP contribution is -2.01. The summed E-state index contributed by atoms with van der Waals surface area (Å²) in [7, 11) is 0. The highest BCUT2D eigenvalue weighted by Gasteiger charge is 2.13. The fourth-order valence-electron chi connectivity index (χ4n) is 2.32. The maximum absolute atomic E-state index is 4.60. The minimum atomic E-state index is 0.522. The van der Waals surface area contributed by atoms with E-state index < -0.39 is 0 Å². The molecule has 0 N–H and O–H groups in total. The van der Waals surface area contributed by atoms with Gasteiger partial charge in [-0.25, -0.2) is 15.0 Å². The Balaban J connectivity index is 1.90. The van der Waals surface area contributed by atoms with E-state index in [9.17, 15) is 0 Å². The highest BCUT2D eigenvalue weighted by molar-refractivity contribution is 9.10. The Morgan fingerprint density at radius 2 is 1.08 bits per heavy atom. The van der Waals surface area contributed by atoms with E-state index in [0.29, 0.717) is 28.9 Å². The van der Waals surface area contributed by atoms with Crippen molar-refractivity contribution in [2.75, 3.05) is 0 Å². The number of rotatable bonds is 3. The molecule has 0 aliphatic heterocycles. The second kappa shape index (κ2) is 6.86. The molecular formula is C19H12BrN5. The molecule has 4 aromatic rings. The Labute approximate surface area is 153 Å². The second-order valence-electron chi connectivity index (χ2n) is 5.24. The Hall–Kier alpha value is -2.99. The van der Waals surface area contributed by atoms with Crippen LogP contribution in [0.2, 0.25) is 0 Å². The summed E-state index contributed by atoms with van der Waals surface area (Å²) in [4.78, 5) is 22.5. The highest BCUT2D eigenvalue weighted by atomic mass is 79.9. The molecule has 25 heavy (non-hydrogen) atoms. The Bertz CT molecular complexity index is 931. The van der Waals surface area contributed by atoms with Crippen molar-refractivity contribution in [2.24, 2.45) is 0 Å². The summed E-state index contributed by atoms with van der Waals surface area (Å²) >= 11 is 3.45. The average molecular weight is 390 g/mol. The van der Waals surface area contributed by atoms with Crippen molar-refractivity contribution in [3.63, 3.8) is 0 Å². The average Bonchev–Trinajstić information content (AvgIpc) is 2.69. The molecule has 0 saturated carbocycles. The molecular weight excluding hydrogens is 378 g/mol. The van der Waals surface area contributed by atoms with E-state index in [1.807, 2.05) is 60.7 Å². The van der Waals surface area contributed by atoms with Crippen molar-refractivity contribution < 1.29 is 0 Å². The van der Waals surface area contributed by atoms with Crippen molar-refractivity contribution in [1.82, 2.24) is 24.9 Å². The molecule has 0 saturated heterocycles. The van der Waals surface area contributed by atoms with Gasteiger partial charge in [-0.15, -0.1) is 0 Å². The van der Waals surface area contributed by atoms with Gasteiger partial charge in [0.05, 0.1) is 0 Å². The number of nitrogens with zero attached hydrogens (tertiary/aromatic N) is 5. The van der Waals surface area contributed by atoms with Crippen LogP contribution < -0.4 is 0 Å². The van der Waals surface area contributed by atoms with Gasteiger partial charge < -0.3 is 0 Å². The number of benzene rings is 1. The van der Waals surface area contributed by atoms with E-state index in [0.717, 1.165) is 10.0 Å². The van der Waals surface area contributed by atoms with E-state index in [1.165, 1.54) is 0 Å². The maximum atomic E-state index is 4.60. The first-order valence-corrected chi connectivity index (χ1v) is 8.44. The third-order valence-electron chi connectivity index (χ3n) is 3.53. The van der Waals surface area contributed by atoms with Gasteiger partial charge in [-0.2, -0.15) is 0 Å². The molecule has 6 heteroatoms. The molecule has 4 rings (SSSR count). The maximum Gasteiger partial charge on any atom is 0.182 e. The van der Waals surface area contributed by atoms with Gasteiger partial charge in [0, 0.05) is 22.4 Å². The van der Waals surface area contributed by atoms with Gasteiger partial charge in [0.2, 0.25) is 0 Å². The molecule has 0 radical (unpaired) electrons. The molecule has 0 fully saturated rings. The smallest absolute Gasteiger partial charge is 0.182 e. The normalized spacial score (nSPS) is 10.6. The van der Waals surface area contributed by atoms with Crippen LogP contribution >= 0.6 is 15.9 Å². The van der Waals surface area contributed by atoms with E-state index in [1.54, 1.807) is 12.4 Å². The Kier molecular flexibility index (Phi) is 4.26. The minimum Gasteiger partial charge on any atom is -0.253 e. The van der Waals surface area contributed by atoms with Crippen LogP contribution in [0.15, 0.2) is 77.5 Å². The second-order valence-corrected chi connectivity index (χ2v) is 6.16. The lowest BCUT2D eigenvalue weighted by Gasteiger charge is -2.07. The molecule has 0 atom stereocenters. The van der Waals surface area contributed by atoms with Crippen LogP contribution in [0.5, 0.6) is 0 Å². The lowest BCUT2D eigenvalue weighted by atomic mass is 10.2. The zero-order chi connectivity index (χ0) is 17.1. The highest BCUT2D eigenvalue weighted by Crippen LogP contribution is 2.23. The molecule has 0 aliphatic carbocycles. The van der Waals surface area contributed by atoms with Gasteiger partial charge >= 0.3 is 0 Å². The monoisotopic (exact) mass is 389 g/mol. The van der Waals surface area contributed by atoms with Crippen LogP contribution in [0.3, 0.4) is 0 Å². The SMILES string of the molecule is Brc1ccc(-c2nc(-c3ccccn3)nc(-c3ccccn3)n2)cc1. The molecule has 0 amide bonds. The number of halogens is 1. The van der Waals surface area contributed by atoms with Crippen molar-refractivity contribution in [3.8, 4) is 34.4 Å².